The van der Waals surface area contributed by atoms with Crippen molar-refractivity contribution in [2.75, 3.05) is 6.61 Å². The van der Waals surface area contributed by atoms with Crippen LogP contribution in [0, 0.1) is 19.8 Å². The maximum absolute atomic E-state index is 12.0. The highest BCUT2D eigenvalue weighted by Crippen LogP contribution is 2.34. The Kier molecular flexibility index (Phi) is 5.61. The molecule has 20 heavy (non-hydrogen) atoms. The minimum absolute atomic E-state index is 0.139. The molecule has 112 valence electrons. The molecule has 1 amide bonds. The molecular formula is C16H25NO2S. The second-order valence-corrected chi connectivity index (χ2v) is 7.28. The van der Waals surface area contributed by atoms with Crippen LogP contribution in [0.2, 0.25) is 0 Å². The van der Waals surface area contributed by atoms with Gasteiger partial charge in [0, 0.05) is 28.8 Å². The summed E-state index contributed by atoms with van der Waals surface area (Å²) < 4.78 is 0. The fourth-order valence-corrected chi connectivity index (χ4v) is 3.69. The van der Waals surface area contributed by atoms with Crippen molar-refractivity contribution < 1.29 is 9.90 Å². The third-order valence-electron chi connectivity index (χ3n) is 3.97. The van der Waals surface area contributed by atoms with Crippen LogP contribution in [0.1, 0.15) is 47.4 Å². The first-order chi connectivity index (χ1) is 9.60. The summed E-state index contributed by atoms with van der Waals surface area (Å²) in [5.41, 5.74) is 1.38. The van der Waals surface area contributed by atoms with Crippen LogP contribution in [0.4, 0.5) is 0 Å². The molecule has 1 heterocycles. The Labute approximate surface area is 125 Å². The summed E-state index contributed by atoms with van der Waals surface area (Å²) in [7, 11) is 0. The van der Waals surface area contributed by atoms with Crippen LogP contribution in [0.3, 0.4) is 0 Å². The fourth-order valence-electron chi connectivity index (χ4n) is 2.71. The zero-order valence-corrected chi connectivity index (χ0v) is 13.3. The minimum Gasteiger partial charge on any atom is -0.396 e. The highest BCUT2D eigenvalue weighted by Gasteiger charge is 2.31. The Morgan fingerprint density at radius 3 is 2.80 bits per heavy atom. The van der Waals surface area contributed by atoms with Crippen molar-refractivity contribution in [1.82, 2.24) is 5.32 Å². The standard InChI is InChI=1S/C16H25NO2S/c1-11-10-14(12(2)20-11)4-3-5-16(19)17-15(8-9-18)13-6-7-13/h10,13,15,18H,3-9H2,1-2H3,(H,17,19). The van der Waals surface area contributed by atoms with Crippen molar-refractivity contribution in [2.45, 2.75) is 58.4 Å². The monoisotopic (exact) mass is 295 g/mol. The average molecular weight is 295 g/mol. The molecule has 1 fully saturated rings. The lowest BCUT2D eigenvalue weighted by atomic mass is 10.1. The van der Waals surface area contributed by atoms with Crippen molar-refractivity contribution in [3.8, 4) is 0 Å². The first-order valence-electron chi connectivity index (χ1n) is 7.56. The summed E-state index contributed by atoms with van der Waals surface area (Å²) in [6.07, 6.45) is 5.55. The Balaban J connectivity index is 1.70. The van der Waals surface area contributed by atoms with E-state index in [2.05, 4.69) is 25.2 Å². The van der Waals surface area contributed by atoms with Gasteiger partial charge in [0.05, 0.1) is 0 Å². The molecule has 1 aromatic heterocycles. The highest BCUT2D eigenvalue weighted by molar-refractivity contribution is 7.12. The predicted molar refractivity (Wildman–Crippen MR) is 83.1 cm³/mol. The number of hydrogen-bond acceptors (Lipinski definition) is 3. The summed E-state index contributed by atoms with van der Waals surface area (Å²) in [6.45, 7) is 4.44. The smallest absolute Gasteiger partial charge is 0.220 e. The van der Waals surface area contributed by atoms with Gasteiger partial charge in [-0.05, 0) is 63.5 Å². The van der Waals surface area contributed by atoms with Crippen LogP contribution in [-0.4, -0.2) is 23.7 Å². The van der Waals surface area contributed by atoms with E-state index in [1.54, 1.807) is 0 Å². The third-order valence-corrected chi connectivity index (χ3v) is 4.98. The highest BCUT2D eigenvalue weighted by atomic mass is 32.1. The summed E-state index contributed by atoms with van der Waals surface area (Å²) in [6, 6.07) is 2.43. The third kappa shape index (κ3) is 4.60. The first-order valence-corrected chi connectivity index (χ1v) is 8.38. The molecule has 1 aliphatic carbocycles. The van der Waals surface area contributed by atoms with E-state index in [9.17, 15) is 4.79 Å². The van der Waals surface area contributed by atoms with Crippen molar-refractivity contribution in [1.29, 1.82) is 0 Å². The Morgan fingerprint density at radius 1 is 1.50 bits per heavy atom. The first kappa shape index (κ1) is 15.5. The van der Waals surface area contributed by atoms with Crippen molar-refractivity contribution in [3.05, 3.63) is 21.4 Å². The number of hydrogen-bond donors (Lipinski definition) is 2. The summed E-state index contributed by atoms with van der Waals surface area (Å²) in [4.78, 5) is 14.7. The molecule has 0 bridgehead atoms. The van der Waals surface area contributed by atoms with Gasteiger partial charge in [-0.15, -0.1) is 11.3 Å². The zero-order valence-electron chi connectivity index (χ0n) is 12.4. The van der Waals surface area contributed by atoms with Gasteiger partial charge in [-0.2, -0.15) is 0 Å². The number of thiophene rings is 1. The van der Waals surface area contributed by atoms with Gasteiger partial charge in [0.25, 0.3) is 0 Å². The number of aliphatic hydroxyl groups excluding tert-OH is 1. The zero-order chi connectivity index (χ0) is 14.5. The van der Waals surface area contributed by atoms with E-state index in [-0.39, 0.29) is 18.6 Å². The lowest BCUT2D eigenvalue weighted by molar-refractivity contribution is -0.122. The molecule has 0 radical (unpaired) electrons. The molecule has 1 atom stereocenters. The van der Waals surface area contributed by atoms with Gasteiger partial charge in [0.15, 0.2) is 0 Å². The number of nitrogens with one attached hydrogen (secondary N) is 1. The van der Waals surface area contributed by atoms with E-state index in [1.807, 2.05) is 11.3 Å². The van der Waals surface area contributed by atoms with E-state index in [0.717, 1.165) is 12.8 Å². The molecule has 1 saturated carbocycles. The molecule has 1 aliphatic rings. The molecule has 0 aliphatic heterocycles. The summed E-state index contributed by atoms with van der Waals surface area (Å²) in [5.74, 6) is 0.743. The molecule has 0 saturated heterocycles. The Hall–Kier alpha value is -0.870. The normalized spacial score (nSPS) is 16.1. The fraction of sp³-hybridized carbons (Fsp3) is 0.688. The minimum atomic E-state index is 0.139. The summed E-state index contributed by atoms with van der Waals surface area (Å²) in [5, 5.41) is 12.1. The van der Waals surface area contributed by atoms with Gasteiger partial charge >= 0.3 is 0 Å². The van der Waals surface area contributed by atoms with Gasteiger partial charge in [-0.1, -0.05) is 0 Å². The van der Waals surface area contributed by atoms with Crippen LogP contribution in [0.25, 0.3) is 0 Å². The number of carbonyl (C=O) groups is 1. The average Bonchev–Trinajstić information content (AvgIpc) is 3.16. The predicted octanol–water partition coefficient (Wildman–Crippen LogP) is 2.96. The topological polar surface area (TPSA) is 49.3 Å². The van der Waals surface area contributed by atoms with Crippen molar-refractivity contribution >= 4 is 17.2 Å². The van der Waals surface area contributed by atoms with Gasteiger partial charge in [-0.3, -0.25) is 4.79 Å². The second kappa shape index (κ2) is 7.23. The maximum Gasteiger partial charge on any atom is 0.220 e. The van der Waals surface area contributed by atoms with Crippen LogP contribution in [-0.2, 0) is 11.2 Å². The van der Waals surface area contributed by atoms with Crippen LogP contribution < -0.4 is 5.32 Å². The largest absolute Gasteiger partial charge is 0.396 e. The van der Waals surface area contributed by atoms with Gasteiger partial charge in [0.1, 0.15) is 0 Å². The van der Waals surface area contributed by atoms with E-state index in [4.69, 9.17) is 5.11 Å². The number of aliphatic hydroxyl groups is 1. The molecular weight excluding hydrogens is 270 g/mol. The van der Waals surface area contributed by atoms with Crippen molar-refractivity contribution in [2.24, 2.45) is 5.92 Å². The van der Waals surface area contributed by atoms with Crippen LogP contribution >= 0.6 is 11.3 Å². The van der Waals surface area contributed by atoms with Gasteiger partial charge < -0.3 is 10.4 Å². The van der Waals surface area contributed by atoms with Crippen LogP contribution in [0.5, 0.6) is 0 Å². The van der Waals surface area contributed by atoms with E-state index in [1.165, 1.54) is 28.2 Å². The molecule has 1 unspecified atom stereocenters. The second-order valence-electron chi connectivity index (χ2n) is 5.82. The molecule has 0 spiro atoms. The number of rotatable bonds is 8. The molecule has 1 aromatic rings. The molecule has 2 N–H and O–H groups in total. The van der Waals surface area contributed by atoms with Crippen molar-refractivity contribution in [3.63, 3.8) is 0 Å². The van der Waals surface area contributed by atoms with Gasteiger partial charge in [-0.25, -0.2) is 0 Å². The van der Waals surface area contributed by atoms with Gasteiger partial charge in [0.2, 0.25) is 5.91 Å². The van der Waals surface area contributed by atoms with E-state index in [0.29, 0.717) is 18.8 Å². The van der Waals surface area contributed by atoms with E-state index >= 15 is 0 Å². The lowest BCUT2D eigenvalue weighted by Gasteiger charge is -2.17. The number of amides is 1. The molecule has 3 nitrogen and oxygen atoms in total. The van der Waals surface area contributed by atoms with E-state index < -0.39 is 0 Å². The molecule has 4 heteroatoms. The molecule has 0 aromatic carbocycles. The maximum atomic E-state index is 12.0. The number of aryl methyl sites for hydroxylation is 3. The number of carbonyl (C=O) groups excluding carboxylic acids is 1. The Bertz CT molecular complexity index is 451. The lowest BCUT2D eigenvalue weighted by Crippen LogP contribution is -2.37. The quantitative estimate of drug-likeness (QED) is 0.774. The summed E-state index contributed by atoms with van der Waals surface area (Å²) >= 11 is 1.83. The molecule has 2 rings (SSSR count). The SMILES string of the molecule is Cc1cc(CCCC(=O)NC(CCO)C2CC2)c(C)s1. The Morgan fingerprint density at radius 2 is 2.25 bits per heavy atom. The van der Waals surface area contributed by atoms with Crippen LogP contribution in [0.15, 0.2) is 6.07 Å².